The smallest absolute Gasteiger partial charge is 0.246 e. The minimum Gasteiger partial charge on any atom is -0.383 e. The van der Waals surface area contributed by atoms with Crippen LogP contribution in [0.1, 0.15) is 12.8 Å². The summed E-state index contributed by atoms with van der Waals surface area (Å²) in [5.74, 6) is 0.568. The van der Waals surface area contributed by atoms with Crippen LogP contribution in [0, 0.1) is 5.92 Å². The number of anilines is 1. The van der Waals surface area contributed by atoms with Gasteiger partial charge in [-0.3, -0.25) is 4.79 Å². The molecule has 0 aromatic heterocycles. The maximum Gasteiger partial charge on any atom is 0.246 e. The van der Waals surface area contributed by atoms with Crippen molar-refractivity contribution in [1.82, 2.24) is 0 Å². The van der Waals surface area contributed by atoms with Crippen molar-refractivity contribution in [1.29, 1.82) is 0 Å². The third kappa shape index (κ3) is 3.31. The summed E-state index contributed by atoms with van der Waals surface area (Å²) < 4.78 is 4.96. The van der Waals surface area contributed by atoms with Gasteiger partial charge in [0.2, 0.25) is 5.91 Å². The summed E-state index contributed by atoms with van der Waals surface area (Å²) in [6.45, 7) is 1.02. The van der Waals surface area contributed by atoms with Crippen LogP contribution in [0.15, 0.2) is 30.3 Å². The summed E-state index contributed by atoms with van der Waals surface area (Å²) in [7, 11) is 1.56. The number of methoxy groups -OCH3 is 1. The van der Waals surface area contributed by atoms with Crippen molar-refractivity contribution in [3.8, 4) is 0 Å². The maximum absolute atomic E-state index is 12.3. The normalized spacial score (nSPS) is 16.3. The number of hydrogen-bond acceptors (Lipinski definition) is 3. The zero-order chi connectivity index (χ0) is 13.0. The lowest BCUT2D eigenvalue weighted by Gasteiger charge is -2.25. The van der Waals surface area contributed by atoms with E-state index in [1.807, 2.05) is 30.3 Å². The monoisotopic (exact) mass is 248 g/mol. The van der Waals surface area contributed by atoms with Crippen LogP contribution in [0.5, 0.6) is 0 Å². The van der Waals surface area contributed by atoms with Gasteiger partial charge in [-0.25, -0.2) is 0 Å². The van der Waals surface area contributed by atoms with Crippen molar-refractivity contribution >= 4 is 11.6 Å². The molecule has 1 amide bonds. The van der Waals surface area contributed by atoms with Gasteiger partial charge in [-0.15, -0.1) is 0 Å². The third-order valence-electron chi connectivity index (χ3n) is 3.14. The molecule has 2 N–H and O–H groups in total. The Bertz CT molecular complexity index is 390. The molecule has 18 heavy (non-hydrogen) atoms. The fraction of sp³-hybridized carbons (Fsp3) is 0.500. The number of hydrogen-bond donors (Lipinski definition) is 1. The molecular formula is C14H20N2O2. The number of para-hydroxylation sites is 1. The Hall–Kier alpha value is -1.39. The van der Waals surface area contributed by atoms with E-state index >= 15 is 0 Å². The molecule has 1 atom stereocenters. The number of carbonyl (C=O) groups is 1. The zero-order valence-electron chi connectivity index (χ0n) is 10.7. The second kappa shape index (κ2) is 5.98. The van der Waals surface area contributed by atoms with E-state index in [1.54, 1.807) is 12.0 Å². The van der Waals surface area contributed by atoms with Crippen molar-refractivity contribution in [3.05, 3.63) is 30.3 Å². The van der Waals surface area contributed by atoms with E-state index in [9.17, 15) is 4.79 Å². The molecule has 4 heteroatoms. The van der Waals surface area contributed by atoms with Gasteiger partial charge in [0, 0.05) is 19.3 Å². The first-order valence-electron chi connectivity index (χ1n) is 6.33. The van der Waals surface area contributed by atoms with Gasteiger partial charge in [-0.1, -0.05) is 18.2 Å². The fourth-order valence-corrected chi connectivity index (χ4v) is 1.94. The number of nitrogens with zero attached hydrogens (tertiary/aromatic N) is 1. The Labute approximate surface area is 108 Å². The molecule has 1 aromatic carbocycles. The lowest BCUT2D eigenvalue weighted by molar-refractivity contribution is -0.121. The Morgan fingerprint density at radius 1 is 1.44 bits per heavy atom. The lowest BCUT2D eigenvalue weighted by Crippen LogP contribution is -2.47. The first-order valence-corrected chi connectivity index (χ1v) is 6.33. The van der Waals surface area contributed by atoms with E-state index in [4.69, 9.17) is 10.5 Å². The van der Waals surface area contributed by atoms with Crippen LogP contribution < -0.4 is 10.6 Å². The molecule has 2 rings (SSSR count). The summed E-state index contributed by atoms with van der Waals surface area (Å²) in [5.41, 5.74) is 6.76. The first-order chi connectivity index (χ1) is 8.72. The van der Waals surface area contributed by atoms with Gasteiger partial charge in [0.25, 0.3) is 0 Å². The number of amides is 1. The van der Waals surface area contributed by atoms with Crippen LogP contribution in [-0.4, -0.2) is 32.2 Å². The van der Waals surface area contributed by atoms with E-state index in [1.165, 1.54) is 12.8 Å². The molecule has 0 radical (unpaired) electrons. The molecular weight excluding hydrogens is 228 g/mol. The molecule has 1 aliphatic carbocycles. The summed E-state index contributed by atoms with van der Waals surface area (Å²) in [5, 5.41) is 0. The topological polar surface area (TPSA) is 55.6 Å². The van der Waals surface area contributed by atoms with Crippen LogP contribution in [0.25, 0.3) is 0 Å². The van der Waals surface area contributed by atoms with Crippen molar-refractivity contribution in [2.24, 2.45) is 11.7 Å². The van der Waals surface area contributed by atoms with Crippen LogP contribution in [0.3, 0.4) is 0 Å². The SMILES string of the molecule is COCC(N)C(=O)N(CC1CC1)c1ccccc1. The molecule has 98 valence electrons. The molecule has 1 saturated carbocycles. The van der Waals surface area contributed by atoms with Gasteiger partial charge in [0.05, 0.1) is 6.61 Å². The van der Waals surface area contributed by atoms with Gasteiger partial charge < -0.3 is 15.4 Å². The van der Waals surface area contributed by atoms with E-state index < -0.39 is 6.04 Å². The second-order valence-corrected chi connectivity index (χ2v) is 4.79. The van der Waals surface area contributed by atoms with E-state index in [0.717, 1.165) is 12.2 Å². The highest BCUT2D eigenvalue weighted by atomic mass is 16.5. The molecule has 0 bridgehead atoms. The predicted molar refractivity (Wildman–Crippen MR) is 71.4 cm³/mol. The van der Waals surface area contributed by atoms with Crippen molar-refractivity contribution in [3.63, 3.8) is 0 Å². The standard InChI is InChI=1S/C14H20N2O2/c1-18-10-13(15)14(17)16(9-11-7-8-11)12-5-3-2-4-6-12/h2-6,11,13H,7-10,15H2,1H3. The second-order valence-electron chi connectivity index (χ2n) is 4.79. The van der Waals surface area contributed by atoms with Crippen LogP contribution in [-0.2, 0) is 9.53 Å². The number of benzene rings is 1. The van der Waals surface area contributed by atoms with E-state index in [-0.39, 0.29) is 12.5 Å². The van der Waals surface area contributed by atoms with E-state index in [2.05, 4.69) is 0 Å². The van der Waals surface area contributed by atoms with Crippen molar-refractivity contribution in [2.75, 3.05) is 25.2 Å². The minimum absolute atomic E-state index is 0.0602. The summed E-state index contributed by atoms with van der Waals surface area (Å²) in [6, 6.07) is 9.11. The van der Waals surface area contributed by atoms with Gasteiger partial charge in [-0.2, -0.15) is 0 Å². The fourth-order valence-electron chi connectivity index (χ4n) is 1.94. The zero-order valence-corrected chi connectivity index (χ0v) is 10.7. The van der Waals surface area contributed by atoms with E-state index in [0.29, 0.717) is 5.92 Å². The largest absolute Gasteiger partial charge is 0.383 e. The molecule has 1 aliphatic rings. The first kappa shape index (κ1) is 13.1. The predicted octanol–water partition coefficient (Wildman–Crippen LogP) is 1.40. The van der Waals surface area contributed by atoms with Crippen LogP contribution in [0.2, 0.25) is 0 Å². The highest BCUT2D eigenvalue weighted by molar-refractivity contribution is 5.97. The Morgan fingerprint density at radius 3 is 2.67 bits per heavy atom. The molecule has 4 nitrogen and oxygen atoms in total. The molecule has 0 saturated heterocycles. The number of rotatable bonds is 6. The quantitative estimate of drug-likeness (QED) is 0.828. The number of nitrogens with two attached hydrogens (primary N) is 1. The van der Waals surface area contributed by atoms with Crippen molar-refractivity contribution < 1.29 is 9.53 Å². The molecule has 0 aliphatic heterocycles. The molecule has 1 aromatic rings. The summed E-state index contributed by atoms with van der Waals surface area (Å²) >= 11 is 0. The summed E-state index contributed by atoms with van der Waals surface area (Å²) in [4.78, 5) is 14.1. The average molecular weight is 248 g/mol. The average Bonchev–Trinajstić information content (AvgIpc) is 3.20. The Morgan fingerprint density at radius 2 is 2.11 bits per heavy atom. The van der Waals surface area contributed by atoms with Crippen LogP contribution >= 0.6 is 0 Å². The molecule has 0 spiro atoms. The number of carbonyl (C=O) groups excluding carboxylic acids is 1. The maximum atomic E-state index is 12.3. The Balaban J connectivity index is 2.11. The van der Waals surface area contributed by atoms with Gasteiger partial charge in [0.1, 0.15) is 6.04 Å². The van der Waals surface area contributed by atoms with Crippen molar-refractivity contribution in [2.45, 2.75) is 18.9 Å². The highest BCUT2D eigenvalue weighted by Gasteiger charge is 2.29. The lowest BCUT2D eigenvalue weighted by atomic mass is 10.2. The van der Waals surface area contributed by atoms with Crippen LogP contribution in [0.4, 0.5) is 5.69 Å². The van der Waals surface area contributed by atoms with Gasteiger partial charge >= 0.3 is 0 Å². The molecule has 0 heterocycles. The Kier molecular flexibility index (Phi) is 4.33. The third-order valence-corrected chi connectivity index (χ3v) is 3.14. The minimum atomic E-state index is -0.589. The molecule has 1 fully saturated rings. The van der Waals surface area contributed by atoms with Gasteiger partial charge in [-0.05, 0) is 30.9 Å². The highest BCUT2D eigenvalue weighted by Crippen LogP contribution is 2.31. The summed E-state index contributed by atoms with van der Waals surface area (Å²) in [6.07, 6.45) is 2.41. The molecule has 1 unspecified atom stereocenters. The number of ether oxygens (including phenoxy) is 1. The van der Waals surface area contributed by atoms with Gasteiger partial charge in [0.15, 0.2) is 0 Å².